The summed E-state index contributed by atoms with van der Waals surface area (Å²) in [5.74, 6) is 0.628. The van der Waals surface area contributed by atoms with Crippen LogP contribution in [0, 0.1) is 0 Å². The number of carboxylic acid groups (broad SMARTS) is 1. The fourth-order valence-electron chi connectivity index (χ4n) is 1.38. The minimum atomic E-state index is -0.660. The van der Waals surface area contributed by atoms with E-state index in [1.807, 2.05) is 23.5 Å². The van der Waals surface area contributed by atoms with E-state index >= 15 is 0 Å². The van der Waals surface area contributed by atoms with E-state index in [0.29, 0.717) is 6.42 Å². The maximum atomic E-state index is 10.2. The summed E-state index contributed by atoms with van der Waals surface area (Å²) < 4.78 is 0. The van der Waals surface area contributed by atoms with Crippen LogP contribution in [-0.2, 0) is 4.79 Å². The van der Waals surface area contributed by atoms with E-state index in [1.165, 1.54) is 23.7 Å². The highest BCUT2D eigenvalue weighted by molar-refractivity contribution is 8.16. The summed E-state index contributed by atoms with van der Waals surface area (Å²) in [4.78, 5) is 10.2. The van der Waals surface area contributed by atoms with Gasteiger partial charge in [0, 0.05) is 16.8 Å². The molecule has 1 N–H and O–H groups in total. The zero-order valence-corrected chi connectivity index (χ0v) is 9.33. The van der Waals surface area contributed by atoms with Crippen LogP contribution in [-0.4, -0.2) is 27.2 Å². The molecule has 1 saturated heterocycles. The second-order valence-corrected chi connectivity index (χ2v) is 6.00. The fraction of sp³-hybridized carbons (Fsp3) is 0.889. The number of thioether (sulfide) groups is 2. The Hall–Kier alpha value is 0.170. The summed E-state index contributed by atoms with van der Waals surface area (Å²) >= 11 is 4.05. The standard InChI is InChI=1S/C9H16O2S2/c10-9(11)4-2-1-3-8-5-6-12-7-13-8/h8H,1-7H2,(H,10,11). The predicted octanol–water partition coefficient (Wildman–Crippen LogP) is 2.83. The molecule has 1 unspecified atom stereocenters. The van der Waals surface area contributed by atoms with Gasteiger partial charge in [0.05, 0.1) is 0 Å². The summed E-state index contributed by atoms with van der Waals surface area (Å²) in [5.41, 5.74) is 0. The van der Waals surface area contributed by atoms with Crippen molar-refractivity contribution >= 4 is 29.5 Å². The molecule has 0 amide bonds. The number of rotatable bonds is 5. The topological polar surface area (TPSA) is 37.3 Å². The van der Waals surface area contributed by atoms with Crippen LogP contribution in [0.4, 0.5) is 0 Å². The molecule has 0 bridgehead atoms. The molecule has 0 aromatic rings. The maximum absolute atomic E-state index is 10.2. The monoisotopic (exact) mass is 220 g/mol. The molecule has 0 radical (unpaired) electrons. The summed E-state index contributed by atoms with van der Waals surface area (Å²) in [6, 6.07) is 0. The lowest BCUT2D eigenvalue weighted by Crippen LogP contribution is -2.09. The molecule has 0 aromatic carbocycles. The van der Waals surface area contributed by atoms with E-state index in [1.54, 1.807) is 0 Å². The first-order valence-corrected chi connectivity index (χ1v) is 6.90. The first kappa shape index (κ1) is 11.2. The lowest BCUT2D eigenvalue weighted by Gasteiger charge is -2.20. The fourth-order valence-corrected chi connectivity index (χ4v) is 4.22. The predicted molar refractivity (Wildman–Crippen MR) is 59.4 cm³/mol. The normalized spacial score (nSPS) is 22.9. The number of hydrogen-bond donors (Lipinski definition) is 1. The molecule has 1 rings (SSSR count). The van der Waals surface area contributed by atoms with Gasteiger partial charge < -0.3 is 5.11 Å². The lowest BCUT2D eigenvalue weighted by atomic mass is 10.1. The highest BCUT2D eigenvalue weighted by atomic mass is 32.2. The molecule has 76 valence electrons. The van der Waals surface area contributed by atoms with E-state index in [-0.39, 0.29) is 0 Å². The number of unbranched alkanes of at least 4 members (excludes halogenated alkanes) is 1. The van der Waals surface area contributed by atoms with Gasteiger partial charge in [-0.3, -0.25) is 4.79 Å². The van der Waals surface area contributed by atoms with Gasteiger partial charge in [-0.15, -0.1) is 11.8 Å². The van der Waals surface area contributed by atoms with Crippen molar-refractivity contribution in [1.82, 2.24) is 0 Å². The Morgan fingerprint density at radius 1 is 1.46 bits per heavy atom. The number of aliphatic carboxylic acids is 1. The third kappa shape index (κ3) is 5.47. The lowest BCUT2D eigenvalue weighted by molar-refractivity contribution is -0.137. The van der Waals surface area contributed by atoms with Gasteiger partial charge in [0.2, 0.25) is 0 Å². The zero-order chi connectivity index (χ0) is 9.52. The van der Waals surface area contributed by atoms with Crippen molar-refractivity contribution in [3.05, 3.63) is 0 Å². The van der Waals surface area contributed by atoms with Crippen LogP contribution in [0.15, 0.2) is 0 Å². The number of carbonyl (C=O) groups is 1. The Morgan fingerprint density at radius 3 is 2.92 bits per heavy atom. The van der Waals surface area contributed by atoms with Crippen LogP contribution in [0.1, 0.15) is 32.1 Å². The molecular weight excluding hydrogens is 204 g/mol. The molecule has 0 aromatic heterocycles. The average Bonchev–Trinajstić information content (AvgIpc) is 2.14. The van der Waals surface area contributed by atoms with Crippen LogP contribution >= 0.6 is 23.5 Å². The molecular formula is C9H16O2S2. The average molecular weight is 220 g/mol. The highest BCUT2D eigenvalue weighted by Crippen LogP contribution is 2.31. The summed E-state index contributed by atoms with van der Waals surface area (Å²) in [5, 5.41) is 10.5. The molecule has 1 atom stereocenters. The molecule has 1 aliphatic rings. The maximum Gasteiger partial charge on any atom is 0.303 e. The molecule has 1 aliphatic heterocycles. The van der Waals surface area contributed by atoms with Crippen molar-refractivity contribution in [2.75, 3.05) is 10.8 Å². The Bertz CT molecular complexity index is 156. The molecule has 0 aliphatic carbocycles. The first-order valence-electron chi connectivity index (χ1n) is 4.70. The molecule has 0 saturated carbocycles. The quantitative estimate of drug-likeness (QED) is 0.723. The summed E-state index contributed by atoms with van der Waals surface area (Å²) in [6.45, 7) is 0. The molecule has 13 heavy (non-hydrogen) atoms. The van der Waals surface area contributed by atoms with Gasteiger partial charge in [0.15, 0.2) is 0 Å². The minimum absolute atomic E-state index is 0.339. The van der Waals surface area contributed by atoms with E-state index in [9.17, 15) is 4.79 Å². The minimum Gasteiger partial charge on any atom is -0.481 e. The van der Waals surface area contributed by atoms with Crippen LogP contribution < -0.4 is 0 Å². The number of carboxylic acids is 1. The Morgan fingerprint density at radius 2 is 2.31 bits per heavy atom. The van der Waals surface area contributed by atoms with Crippen molar-refractivity contribution in [2.24, 2.45) is 0 Å². The molecule has 1 fully saturated rings. The van der Waals surface area contributed by atoms with Gasteiger partial charge in [-0.25, -0.2) is 0 Å². The van der Waals surface area contributed by atoms with Crippen LogP contribution in [0.25, 0.3) is 0 Å². The van der Waals surface area contributed by atoms with Gasteiger partial charge in [-0.2, -0.15) is 11.8 Å². The number of hydrogen-bond acceptors (Lipinski definition) is 3. The molecule has 2 nitrogen and oxygen atoms in total. The highest BCUT2D eigenvalue weighted by Gasteiger charge is 2.13. The van der Waals surface area contributed by atoms with E-state index in [2.05, 4.69) is 0 Å². The zero-order valence-electron chi connectivity index (χ0n) is 7.70. The van der Waals surface area contributed by atoms with Crippen LogP contribution in [0.3, 0.4) is 0 Å². The van der Waals surface area contributed by atoms with Crippen molar-refractivity contribution in [3.8, 4) is 0 Å². The second-order valence-electron chi connectivity index (χ2n) is 3.24. The third-order valence-electron chi connectivity index (χ3n) is 2.14. The smallest absolute Gasteiger partial charge is 0.303 e. The van der Waals surface area contributed by atoms with Gasteiger partial charge >= 0.3 is 5.97 Å². The Balaban J connectivity index is 1.95. The van der Waals surface area contributed by atoms with E-state index < -0.39 is 5.97 Å². The molecule has 1 heterocycles. The Kier molecular flexibility index (Phi) is 5.71. The summed E-state index contributed by atoms with van der Waals surface area (Å²) in [7, 11) is 0. The third-order valence-corrected chi connectivity index (χ3v) is 4.82. The molecule has 4 heteroatoms. The largest absolute Gasteiger partial charge is 0.481 e. The summed E-state index contributed by atoms with van der Waals surface area (Å²) in [6.07, 6.45) is 4.78. The Labute approximate surface area is 87.9 Å². The SMILES string of the molecule is O=C(O)CCCCC1CCSCS1. The van der Waals surface area contributed by atoms with Crippen molar-refractivity contribution in [1.29, 1.82) is 0 Å². The van der Waals surface area contributed by atoms with Gasteiger partial charge in [-0.05, 0) is 25.0 Å². The van der Waals surface area contributed by atoms with Gasteiger partial charge in [0.25, 0.3) is 0 Å². The first-order chi connectivity index (χ1) is 6.29. The van der Waals surface area contributed by atoms with Crippen molar-refractivity contribution in [2.45, 2.75) is 37.4 Å². The van der Waals surface area contributed by atoms with Crippen molar-refractivity contribution < 1.29 is 9.90 Å². The van der Waals surface area contributed by atoms with Gasteiger partial charge in [0.1, 0.15) is 0 Å². The van der Waals surface area contributed by atoms with Crippen LogP contribution in [0.5, 0.6) is 0 Å². The van der Waals surface area contributed by atoms with Crippen molar-refractivity contribution in [3.63, 3.8) is 0 Å². The van der Waals surface area contributed by atoms with Gasteiger partial charge in [-0.1, -0.05) is 6.42 Å². The van der Waals surface area contributed by atoms with Crippen LogP contribution in [0.2, 0.25) is 0 Å². The van der Waals surface area contributed by atoms with E-state index in [4.69, 9.17) is 5.11 Å². The van der Waals surface area contributed by atoms with E-state index in [0.717, 1.165) is 18.1 Å². The second kappa shape index (κ2) is 6.60. The molecule has 0 spiro atoms.